The SMILES string of the molecule is CCCCC(CCC(C)C)(COC)COC. The van der Waals surface area contributed by atoms with Crippen LogP contribution in [0.4, 0.5) is 0 Å². The average molecular weight is 230 g/mol. The fourth-order valence-electron chi connectivity index (χ4n) is 2.21. The van der Waals surface area contributed by atoms with Crippen molar-refractivity contribution < 1.29 is 9.47 Å². The van der Waals surface area contributed by atoms with E-state index in [9.17, 15) is 0 Å². The highest BCUT2D eigenvalue weighted by Gasteiger charge is 2.29. The van der Waals surface area contributed by atoms with Crippen LogP contribution in [-0.2, 0) is 9.47 Å². The topological polar surface area (TPSA) is 18.5 Å². The molecule has 0 fully saturated rings. The van der Waals surface area contributed by atoms with E-state index >= 15 is 0 Å². The predicted octanol–water partition coefficient (Wildman–Crippen LogP) is 3.89. The van der Waals surface area contributed by atoms with Crippen molar-refractivity contribution in [1.29, 1.82) is 0 Å². The van der Waals surface area contributed by atoms with Gasteiger partial charge >= 0.3 is 0 Å². The van der Waals surface area contributed by atoms with Gasteiger partial charge in [0.05, 0.1) is 13.2 Å². The molecule has 0 heterocycles. The van der Waals surface area contributed by atoms with Gasteiger partial charge in [0.1, 0.15) is 0 Å². The van der Waals surface area contributed by atoms with Crippen molar-refractivity contribution in [1.82, 2.24) is 0 Å². The Balaban J connectivity index is 4.36. The molecule has 0 aliphatic rings. The van der Waals surface area contributed by atoms with Crippen molar-refractivity contribution in [3.05, 3.63) is 0 Å². The van der Waals surface area contributed by atoms with Crippen LogP contribution in [0, 0.1) is 11.3 Å². The lowest BCUT2D eigenvalue weighted by molar-refractivity contribution is -0.00572. The maximum Gasteiger partial charge on any atom is 0.0540 e. The van der Waals surface area contributed by atoms with E-state index < -0.39 is 0 Å². The lowest BCUT2D eigenvalue weighted by Crippen LogP contribution is -2.32. The molecule has 0 saturated heterocycles. The number of unbranched alkanes of at least 4 members (excludes halogenated alkanes) is 1. The first kappa shape index (κ1) is 15.9. The molecule has 2 nitrogen and oxygen atoms in total. The summed E-state index contributed by atoms with van der Waals surface area (Å²) in [6, 6.07) is 0. The molecule has 0 unspecified atom stereocenters. The Morgan fingerprint density at radius 2 is 1.56 bits per heavy atom. The largest absolute Gasteiger partial charge is 0.384 e. The zero-order valence-electron chi connectivity index (χ0n) is 11.8. The highest BCUT2D eigenvalue weighted by atomic mass is 16.5. The molecule has 0 saturated carbocycles. The zero-order chi connectivity index (χ0) is 12.4. The van der Waals surface area contributed by atoms with Crippen molar-refractivity contribution in [2.75, 3.05) is 27.4 Å². The molecule has 0 aromatic rings. The summed E-state index contributed by atoms with van der Waals surface area (Å²) in [4.78, 5) is 0. The Morgan fingerprint density at radius 1 is 1.00 bits per heavy atom. The van der Waals surface area contributed by atoms with Gasteiger partial charge in [0.25, 0.3) is 0 Å². The molecule has 0 rings (SSSR count). The molecule has 98 valence electrons. The lowest BCUT2D eigenvalue weighted by atomic mass is 9.78. The highest BCUT2D eigenvalue weighted by molar-refractivity contribution is 4.79. The molecule has 0 aromatic carbocycles. The molecular formula is C14H30O2. The third-order valence-corrected chi connectivity index (χ3v) is 3.21. The Kier molecular flexibility index (Phi) is 8.96. The maximum absolute atomic E-state index is 5.41. The first-order valence-electron chi connectivity index (χ1n) is 6.58. The van der Waals surface area contributed by atoms with Crippen LogP contribution in [0.1, 0.15) is 52.9 Å². The molecule has 0 N–H and O–H groups in total. The molecule has 16 heavy (non-hydrogen) atoms. The van der Waals surface area contributed by atoms with Crippen molar-refractivity contribution in [2.24, 2.45) is 11.3 Å². The van der Waals surface area contributed by atoms with Crippen molar-refractivity contribution in [3.63, 3.8) is 0 Å². The fraction of sp³-hybridized carbons (Fsp3) is 1.00. The second-order valence-corrected chi connectivity index (χ2v) is 5.40. The minimum absolute atomic E-state index is 0.240. The van der Waals surface area contributed by atoms with Gasteiger partial charge in [-0.25, -0.2) is 0 Å². The summed E-state index contributed by atoms with van der Waals surface area (Å²) >= 11 is 0. The Morgan fingerprint density at radius 3 is 1.94 bits per heavy atom. The highest BCUT2D eigenvalue weighted by Crippen LogP contribution is 2.32. The summed E-state index contributed by atoms with van der Waals surface area (Å²) in [7, 11) is 3.59. The Labute approximate surface area is 102 Å². The van der Waals surface area contributed by atoms with Crippen LogP contribution in [-0.4, -0.2) is 27.4 Å². The number of hydrogen-bond acceptors (Lipinski definition) is 2. The van der Waals surface area contributed by atoms with Gasteiger partial charge in [-0.05, 0) is 18.8 Å². The normalized spacial score (nSPS) is 12.4. The quantitative estimate of drug-likeness (QED) is 0.567. The monoisotopic (exact) mass is 230 g/mol. The van der Waals surface area contributed by atoms with Gasteiger partial charge in [-0.2, -0.15) is 0 Å². The maximum atomic E-state index is 5.41. The first-order chi connectivity index (χ1) is 7.60. The summed E-state index contributed by atoms with van der Waals surface area (Å²) in [6.07, 6.45) is 6.21. The molecule has 0 amide bonds. The van der Waals surface area contributed by atoms with Crippen LogP contribution in [0.25, 0.3) is 0 Å². The summed E-state index contributed by atoms with van der Waals surface area (Å²) in [5, 5.41) is 0. The van der Waals surface area contributed by atoms with Gasteiger partial charge in [0, 0.05) is 19.6 Å². The summed E-state index contributed by atoms with van der Waals surface area (Å²) in [6.45, 7) is 8.46. The zero-order valence-corrected chi connectivity index (χ0v) is 11.8. The number of methoxy groups -OCH3 is 2. The van der Waals surface area contributed by atoms with Crippen molar-refractivity contribution >= 4 is 0 Å². The average Bonchev–Trinajstić information content (AvgIpc) is 2.24. The Bertz CT molecular complexity index is 149. The van der Waals surface area contributed by atoms with Gasteiger partial charge in [-0.1, -0.05) is 40.0 Å². The van der Waals surface area contributed by atoms with Crippen LogP contribution in [0.15, 0.2) is 0 Å². The molecule has 0 aromatic heterocycles. The van der Waals surface area contributed by atoms with Crippen LogP contribution < -0.4 is 0 Å². The molecule has 0 bridgehead atoms. The van der Waals surface area contributed by atoms with Gasteiger partial charge in [0.15, 0.2) is 0 Å². The Hall–Kier alpha value is -0.0800. The molecule has 0 radical (unpaired) electrons. The van der Waals surface area contributed by atoms with E-state index in [1.165, 1.54) is 32.1 Å². The molecule has 0 atom stereocenters. The van der Waals surface area contributed by atoms with E-state index in [0.717, 1.165) is 19.1 Å². The lowest BCUT2D eigenvalue weighted by Gasteiger charge is -2.33. The van der Waals surface area contributed by atoms with Crippen molar-refractivity contribution in [2.45, 2.75) is 52.9 Å². The number of ether oxygens (including phenoxy) is 2. The first-order valence-corrected chi connectivity index (χ1v) is 6.58. The molecular weight excluding hydrogens is 200 g/mol. The van der Waals surface area contributed by atoms with E-state index in [1.54, 1.807) is 14.2 Å². The van der Waals surface area contributed by atoms with E-state index in [2.05, 4.69) is 20.8 Å². The van der Waals surface area contributed by atoms with Crippen molar-refractivity contribution in [3.8, 4) is 0 Å². The molecule has 0 aliphatic carbocycles. The minimum Gasteiger partial charge on any atom is -0.384 e. The summed E-state index contributed by atoms with van der Waals surface area (Å²) in [5.41, 5.74) is 0.240. The molecule has 2 heteroatoms. The summed E-state index contributed by atoms with van der Waals surface area (Å²) in [5.74, 6) is 0.759. The van der Waals surface area contributed by atoms with E-state index in [0.29, 0.717) is 0 Å². The number of rotatable bonds is 10. The van der Waals surface area contributed by atoms with Crippen LogP contribution >= 0.6 is 0 Å². The van der Waals surface area contributed by atoms with E-state index in [4.69, 9.17) is 9.47 Å². The van der Waals surface area contributed by atoms with Crippen LogP contribution in [0.2, 0.25) is 0 Å². The van der Waals surface area contributed by atoms with Gasteiger partial charge in [0.2, 0.25) is 0 Å². The summed E-state index contributed by atoms with van der Waals surface area (Å²) < 4.78 is 10.8. The fourth-order valence-corrected chi connectivity index (χ4v) is 2.21. The second kappa shape index (κ2) is 9.00. The smallest absolute Gasteiger partial charge is 0.0540 e. The standard InChI is InChI=1S/C14H30O2/c1-6-7-9-14(11-15-4,12-16-5)10-8-13(2)3/h13H,6-12H2,1-5H3. The third-order valence-electron chi connectivity index (χ3n) is 3.21. The predicted molar refractivity (Wildman–Crippen MR) is 69.8 cm³/mol. The molecule has 0 aliphatic heterocycles. The third kappa shape index (κ3) is 6.49. The second-order valence-electron chi connectivity index (χ2n) is 5.40. The van der Waals surface area contributed by atoms with Gasteiger partial charge < -0.3 is 9.47 Å². The minimum atomic E-state index is 0.240. The van der Waals surface area contributed by atoms with Crippen LogP contribution in [0.5, 0.6) is 0 Å². The van der Waals surface area contributed by atoms with Gasteiger partial charge in [-0.15, -0.1) is 0 Å². The van der Waals surface area contributed by atoms with E-state index in [-0.39, 0.29) is 5.41 Å². The van der Waals surface area contributed by atoms with Crippen LogP contribution in [0.3, 0.4) is 0 Å². The number of hydrogen-bond donors (Lipinski definition) is 0. The molecule has 0 spiro atoms. The van der Waals surface area contributed by atoms with E-state index in [1.807, 2.05) is 0 Å². The van der Waals surface area contributed by atoms with Gasteiger partial charge in [-0.3, -0.25) is 0 Å².